The molecular weight excluding hydrogens is 905 g/mol. The Bertz CT molecular complexity index is 2100. The molecule has 0 radical (unpaired) electrons. The fourth-order valence-electron chi connectivity index (χ4n) is 18.1. The average molecular weight is 975 g/mol. The van der Waals surface area contributed by atoms with Gasteiger partial charge in [0.25, 0.3) is 0 Å². The third-order valence-corrected chi connectivity index (χ3v) is 21.7. The lowest BCUT2D eigenvalue weighted by Gasteiger charge is -2.60. The zero-order chi connectivity index (χ0) is 49.1. The minimum Gasteiger partial charge on any atom is -0.458 e. The molecule has 14 rings (SSSR count). The maximum absolute atomic E-state index is 14.6. The van der Waals surface area contributed by atoms with E-state index in [1.54, 1.807) is 6.92 Å². The van der Waals surface area contributed by atoms with Crippen molar-refractivity contribution in [2.45, 2.75) is 192 Å². The number of hydrogen-bond acceptors (Lipinski definition) is 12. The van der Waals surface area contributed by atoms with Crippen molar-refractivity contribution in [2.75, 3.05) is 0 Å². The lowest BCUT2D eigenvalue weighted by atomic mass is 9.49. The van der Waals surface area contributed by atoms with Gasteiger partial charge in [-0.25, -0.2) is 9.18 Å². The summed E-state index contributed by atoms with van der Waals surface area (Å²) >= 11 is 0. The van der Waals surface area contributed by atoms with Crippen LogP contribution in [0.15, 0.2) is 0 Å². The Balaban J connectivity index is 0.000000151. The van der Waals surface area contributed by atoms with Gasteiger partial charge in [-0.2, -0.15) is 13.2 Å². The molecule has 16 heteroatoms. The molecule has 0 aromatic carbocycles. The molecule has 2 heterocycles. The smallest absolute Gasteiger partial charge is 0.404 e. The topological polar surface area (TPSA) is 158 Å². The lowest BCUT2D eigenvalue weighted by Crippen LogP contribution is -2.60. The summed E-state index contributed by atoms with van der Waals surface area (Å²) in [5.74, 6) is -3.87. The molecule has 12 aliphatic carbocycles. The van der Waals surface area contributed by atoms with Gasteiger partial charge in [0.2, 0.25) is 5.67 Å². The van der Waals surface area contributed by atoms with E-state index in [-0.39, 0.29) is 30.1 Å². The molecule has 12 nitrogen and oxygen atoms in total. The van der Waals surface area contributed by atoms with Crippen LogP contribution in [0.4, 0.5) is 17.6 Å². The Morgan fingerprint density at radius 3 is 1.22 bits per heavy atom. The van der Waals surface area contributed by atoms with Crippen molar-refractivity contribution in [1.82, 2.24) is 0 Å². The van der Waals surface area contributed by atoms with E-state index in [0.29, 0.717) is 54.8 Å². The number of carbonyl (C=O) groups excluding carboxylic acids is 6. The minimum absolute atomic E-state index is 0.00498. The van der Waals surface area contributed by atoms with Crippen molar-refractivity contribution in [2.24, 2.45) is 100 Å². The maximum atomic E-state index is 14.6. The molecule has 382 valence electrons. The highest BCUT2D eigenvalue weighted by molar-refractivity contribution is 5.88. The Morgan fingerprint density at radius 1 is 0.536 bits per heavy atom. The number of carbonyl (C=O) groups is 6. The van der Waals surface area contributed by atoms with Crippen LogP contribution in [0.5, 0.6) is 0 Å². The highest BCUT2D eigenvalue weighted by atomic mass is 19.4. The van der Waals surface area contributed by atoms with Gasteiger partial charge in [0.1, 0.15) is 35.6 Å². The number of alkyl halides is 4. The highest BCUT2D eigenvalue weighted by Gasteiger charge is 2.73. The van der Waals surface area contributed by atoms with Crippen molar-refractivity contribution >= 4 is 35.8 Å². The zero-order valence-corrected chi connectivity index (χ0v) is 40.8. The third-order valence-electron chi connectivity index (χ3n) is 21.7. The molecule has 14 aliphatic rings. The first-order valence-corrected chi connectivity index (χ1v) is 26.7. The molecule has 0 N–H and O–H groups in total. The number of hydrogen-bond donors (Lipinski definition) is 0. The van der Waals surface area contributed by atoms with E-state index in [9.17, 15) is 46.3 Å². The number of ether oxygens (including phenoxy) is 6. The van der Waals surface area contributed by atoms with Crippen molar-refractivity contribution in [1.29, 1.82) is 0 Å². The van der Waals surface area contributed by atoms with E-state index in [4.69, 9.17) is 28.4 Å². The van der Waals surface area contributed by atoms with Crippen LogP contribution >= 0.6 is 0 Å². The molecule has 2 aliphatic heterocycles. The number of rotatable bonds is 12. The first-order chi connectivity index (χ1) is 32.6. The van der Waals surface area contributed by atoms with Crippen LogP contribution in [0, 0.1) is 100 Å². The standard InChI is InChI=1S/C27H35F3O6.C26H35FO6/c1-4-25(3,27(28,29)30)24(33)35-21-17-11-16-18(22(31)34-20(16)21)19(17)23(32)36-26(5-2)14-7-12-6-13(9-14)10-15(26)8-12;1-4-25(3,27)24(30)32-21-17-11-16-18(22(28)31-20(16)21)19(17)23(29)33-26(5-2)14-7-12-6-13(9-14)10-15(26)8-12/h12-21H,4-11H2,1-3H3;12-21H,4-11H2,1-3H3. The second kappa shape index (κ2) is 16.3. The van der Waals surface area contributed by atoms with Gasteiger partial charge in [0.15, 0.2) is 5.41 Å². The molecule has 14 atom stereocenters. The second-order valence-electron chi connectivity index (χ2n) is 24.6. The third kappa shape index (κ3) is 6.88. The average Bonchev–Trinajstić information content (AvgIpc) is 4.13. The predicted octanol–water partition coefficient (Wildman–Crippen LogP) is 8.82. The van der Waals surface area contributed by atoms with Crippen molar-refractivity contribution < 1.29 is 74.8 Å². The van der Waals surface area contributed by atoms with E-state index < -0.39 is 119 Å². The van der Waals surface area contributed by atoms with E-state index >= 15 is 0 Å². The van der Waals surface area contributed by atoms with Crippen LogP contribution < -0.4 is 0 Å². The Morgan fingerprint density at radius 2 is 0.899 bits per heavy atom. The molecule has 0 aromatic rings. The van der Waals surface area contributed by atoms with E-state index in [2.05, 4.69) is 13.8 Å². The summed E-state index contributed by atoms with van der Waals surface area (Å²) in [6, 6.07) is 0. The minimum atomic E-state index is -4.78. The maximum Gasteiger partial charge on any atom is 0.404 e. The lowest BCUT2D eigenvalue weighted by molar-refractivity contribution is -0.238. The fourth-order valence-corrected chi connectivity index (χ4v) is 18.1. The van der Waals surface area contributed by atoms with Gasteiger partial charge in [-0.15, -0.1) is 0 Å². The van der Waals surface area contributed by atoms with Crippen LogP contribution in [-0.4, -0.2) is 83.3 Å². The molecular formula is C53H70F4O12. The second-order valence-corrected chi connectivity index (χ2v) is 24.6. The Labute approximate surface area is 401 Å². The Kier molecular flexibility index (Phi) is 11.3. The summed E-state index contributed by atoms with van der Waals surface area (Å²) in [6.45, 7) is 9.08. The molecule has 12 saturated carbocycles. The van der Waals surface area contributed by atoms with Gasteiger partial charge >= 0.3 is 42.0 Å². The highest BCUT2D eigenvalue weighted by Crippen LogP contribution is 2.65. The van der Waals surface area contributed by atoms with E-state index in [0.717, 1.165) is 76.5 Å². The zero-order valence-electron chi connectivity index (χ0n) is 40.8. The Hall–Kier alpha value is -3.46. The van der Waals surface area contributed by atoms with Gasteiger partial charge < -0.3 is 28.4 Å². The van der Waals surface area contributed by atoms with E-state index in [1.165, 1.54) is 26.7 Å². The van der Waals surface area contributed by atoms with Gasteiger partial charge in [0.05, 0.1) is 23.7 Å². The van der Waals surface area contributed by atoms with E-state index in [1.807, 2.05) is 0 Å². The summed E-state index contributed by atoms with van der Waals surface area (Å²) < 4.78 is 90.7. The van der Waals surface area contributed by atoms with Gasteiger partial charge in [0, 0.05) is 23.7 Å². The molecule has 14 fully saturated rings. The van der Waals surface area contributed by atoms with Crippen molar-refractivity contribution in [3.8, 4) is 0 Å². The summed E-state index contributed by atoms with van der Waals surface area (Å²) in [5, 5.41) is 0. The van der Waals surface area contributed by atoms with Crippen LogP contribution in [-0.2, 0) is 57.2 Å². The van der Waals surface area contributed by atoms with Crippen molar-refractivity contribution in [3.05, 3.63) is 0 Å². The molecule has 2 saturated heterocycles. The van der Waals surface area contributed by atoms with Crippen molar-refractivity contribution in [3.63, 3.8) is 0 Å². The van der Waals surface area contributed by atoms with Gasteiger partial charge in [-0.05, 0) is 164 Å². The van der Waals surface area contributed by atoms with Crippen LogP contribution in [0.1, 0.15) is 144 Å². The molecule has 0 spiro atoms. The summed E-state index contributed by atoms with van der Waals surface area (Å²) in [7, 11) is 0. The first-order valence-electron chi connectivity index (χ1n) is 26.7. The summed E-state index contributed by atoms with van der Waals surface area (Å²) in [4.78, 5) is 78.4. The monoisotopic (exact) mass is 974 g/mol. The normalized spacial score (nSPS) is 48.8. The number of fused-ring (bicyclic) bond motifs is 2. The fraction of sp³-hybridized carbons (Fsp3) is 0.887. The van der Waals surface area contributed by atoms with Gasteiger partial charge in [-0.1, -0.05) is 27.7 Å². The van der Waals surface area contributed by atoms with Crippen LogP contribution in [0.2, 0.25) is 0 Å². The van der Waals surface area contributed by atoms with Gasteiger partial charge in [-0.3, -0.25) is 24.0 Å². The summed E-state index contributed by atoms with van der Waals surface area (Å²) in [6.07, 6.45) is 5.37. The SMILES string of the molecule is CCC(C)(F)C(=O)OC1C2CC3C1OC(=O)C3C2C(=O)OC1(CC)C2CC3CC(C2)CC1C3.CCC1(OC(=O)C2C3CC4C(OC(=O)C42)C3OC(=O)C(C)(CC)C(F)(F)F)C2CC3CC(C2)CC1C3. The summed E-state index contributed by atoms with van der Waals surface area (Å²) in [5.41, 5.74) is -5.76. The molecule has 0 amide bonds. The predicted molar refractivity (Wildman–Crippen MR) is 233 cm³/mol. The van der Waals surface area contributed by atoms with Crippen LogP contribution in [0.3, 0.4) is 0 Å². The molecule has 69 heavy (non-hydrogen) atoms. The number of esters is 6. The molecule has 12 bridgehead atoms. The van der Waals surface area contributed by atoms with Crippen LogP contribution in [0.25, 0.3) is 0 Å². The molecule has 14 unspecified atom stereocenters. The quantitative estimate of drug-likeness (QED) is 0.104. The first kappa shape index (κ1) is 47.8. The molecule has 0 aromatic heterocycles. The number of halogens is 4. The largest absolute Gasteiger partial charge is 0.458 e.